The Labute approximate surface area is 224 Å². The van der Waals surface area contributed by atoms with Crippen LogP contribution in [0.4, 0.5) is 8.78 Å². The number of imide groups is 1. The molecule has 1 fully saturated rings. The topological polar surface area (TPSA) is 112 Å². The first kappa shape index (κ1) is 28.1. The van der Waals surface area contributed by atoms with Crippen molar-refractivity contribution in [3.63, 3.8) is 0 Å². The lowest BCUT2D eigenvalue weighted by Gasteiger charge is -2.44. The molecule has 0 spiro atoms. The second-order valence-electron chi connectivity index (χ2n) is 10.0. The van der Waals surface area contributed by atoms with E-state index in [0.717, 1.165) is 4.90 Å². The molecule has 0 unspecified atom stereocenters. The van der Waals surface area contributed by atoms with Gasteiger partial charge in [-0.2, -0.15) is 0 Å². The number of alkyl halides is 2. The molecule has 39 heavy (non-hydrogen) atoms. The van der Waals surface area contributed by atoms with E-state index in [4.69, 9.17) is 4.74 Å². The van der Waals surface area contributed by atoms with Crippen LogP contribution in [0.2, 0.25) is 0 Å². The zero-order valence-corrected chi connectivity index (χ0v) is 22.1. The number of carbonyl (C=O) groups is 4. The number of fused-ring (bicyclic) bond motifs is 1. The van der Waals surface area contributed by atoms with E-state index < -0.39 is 42.0 Å². The number of benzene rings is 1. The molecule has 0 N–H and O–H groups in total. The Morgan fingerprint density at radius 1 is 1.10 bits per heavy atom. The summed E-state index contributed by atoms with van der Waals surface area (Å²) in [6, 6.07) is 6.57. The number of hydrogen-bond donors (Lipinski definition) is 0. The fourth-order valence-corrected chi connectivity index (χ4v) is 4.66. The van der Waals surface area contributed by atoms with Crippen LogP contribution >= 0.6 is 0 Å². The van der Waals surface area contributed by atoms with Gasteiger partial charge in [0.15, 0.2) is 11.5 Å². The van der Waals surface area contributed by atoms with Gasteiger partial charge in [0.05, 0.1) is 12.5 Å². The van der Waals surface area contributed by atoms with Crippen LogP contribution in [0.15, 0.2) is 36.5 Å². The van der Waals surface area contributed by atoms with E-state index in [2.05, 4.69) is 14.5 Å². The molecule has 0 bridgehead atoms. The number of ketones is 1. The van der Waals surface area contributed by atoms with E-state index in [0.29, 0.717) is 16.8 Å². The van der Waals surface area contributed by atoms with Crippen molar-refractivity contribution in [3.05, 3.63) is 53.3 Å². The molecular weight excluding hydrogens is 514 g/mol. The lowest BCUT2D eigenvalue weighted by atomic mass is 9.81. The van der Waals surface area contributed by atoms with Gasteiger partial charge in [0.2, 0.25) is 11.8 Å². The Kier molecular flexibility index (Phi) is 7.99. The first-order chi connectivity index (χ1) is 18.4. The molecule has 1 aromatic heterocycles. The third-order valence-corrected chi connectivity index (χ3v) is 6.82. The molecule has 0 radical (unpaired) electrons. The minimum Gasteiger partial charge on any atom is -0.464 e. The average molecular weight is 545 g/mol. The standard InChI is InChI=1S/C28H30F2N2O7/c1-5-37-27(36)25-20(12-17-8-9-31-19(11-17)14-21(33)15(2)3)26(35)32(25)24(34)10-16(4)18-6-7-22-23(13-18)39-28(29,30)38-22/h6-9,11,13,15-16,20,25H,5,10,12,14H2,1-4H3/t16-,20+,25-/m0/s1. The minimum absolute atomic E-state index is 0.0332. The maximum absolute atomic E-state index is 13.4. The van der Waals surface area contributed by atoms with Crippen molar-refractivity contribution in [2.75, 3.05) is 6.61 Å². The molecule has 0 aliphatic carbocycles. The average Bonchev–Trinajstić information content (AvgIpc) is 3.18. The molecule has 3 heterocycles. The van der Waals surface area contributed by atoms with Crippen LogP contribution in [0.25, 0.3) is 0 Å². The first-order valence-electron chi connectivity index (χ1n) is 12.8. The highest BCUT2D eigenvalue weighted by Crippen LogP contribution is 2.43. The summed E-state index contributed by atoms with van der Waals surface area (Å²) in [5.74, 6) is -3.43. The van der Waals surface area contributed by atoms with Gasteiger partial charge < -0.3 is 14.2 Å². The van der Waals surface area contributed by atoms with Crippen LogP contribution in [-0.2, 0) is 36.8 Å². The molecular formula is C28H30F2N2O7. The zero-order chi connectivity index (χ0) is 28.5. The lowest BCUT2D eigenvalue weighted by molar-refractivity contribution is -0.286. The van der Waals surface area contributed by atoms with Crippen LogP contribution in [0.1, 0.15) is 56.9 Å². The van der Waals surface area contributed by atoms with E-state index in [1.54, 1.807) is 46.0 Å². The molecule has 1 aromatic carbocycles. The fraction of sp³-hybridized carbons (Fsp3) is 0.464. The fourth-order valence-electron chi connectivity index (χ4n) is 4.66. The molecule has 9 nitrogen and oxygen atoms in total. The number of Topliss-reactive ketones (excluding diaryl/α,β-unsaturated/α-hetero) is 1. The monoisotopic (exact) mass is 544 g/mol. The number of pyridine rings is 1. The third kappa shape index (κ3) is 6.07. The summed E-state index contributed by atoms with van der Waals surface area (Å²) in [6.07, 6.45) is -2.03. The van der Waals surface area contributed by atoms with E-state index in [-0.39, 0.29) is 49.1 Å². The quantitative estimate of drug-likeness (QED) is 0.328. The van der Waals surface area contributed by atoms with Gasteiger partial charge >= 0.3 is 12.3 Å². The molecule has 4 rings (SSSR count). The Morgan fingerprint density at radius 2 is 1.82 bits per heavy atom. The highest BCUT2D eigenvalue weighted by atomic mass is 19.3. The molecule has 2 aromatic rings. The Balaban J connectivity index is 1.47. The molecule has 0 saturated carbocycles. The van der Waals surface area contributed by atoms with Crippen molar-refractivity contribution < 1.29 is 42.2 Å². The Bertz CT molecular complexity index is 1300. The maximum Gasteiger partial charge on any atom is 0.586 e. The number of carbonyl (C=O) groups excluding carboxylic acids is 4. The minimum atomic E-state index is -3.76. The number of aromatic nitrogens is 1. The van der Waals surface area contributed by atoms with Crippen LogP contribution in [0.5, 0.6) is 11.5 Å². The van der Waals surface area contributed by atoms with Crippen molar-refractivity contribution in [1.82, 2.24) is 9.88 Å². The van der Waals surface area contributed by atoms with Gasteiger partial charge in [-0.3, -0.25) is 24.3 Å². The number of ether oxygens (including phenoxy) is 3. The number of halogens is 2. The predicted molar refractivity (Wildman–Crippen MR) is 133 cm³/mol. The van der Waals surface area contributed by atoms with Crippen LogP contribution in [-0.4, -0.2) is 52.4 Å². The summed E-state index contributed by atoms with van der Waals surface area (Å²) in [6.45, 7) is 7.02. The number of nitrogens with zero attached hydrogens (tertiary/aromatic N) is 2. The summed E-state index contributed by atoms with van der Waals surface area (Å²) in [5, 5.41) is 0. The lowest BCUT2D eigenvalue weighted by Crippen LogP contribution is -2.67. The van der Waals surface area contributed by atoms with Gasteiger partial charge in [-0.05, 0) is 54.7 Å². The van der Waals surface area contributed by atoms with Crippen molar-refractivity contribution in [3.8, 4) is 11.5 Å². The van der Waals surface area contributed by atoms with Gasteiger partial charge in [-0.25, -0.2) is 4.79 Å². The van der Waals surface area contributed by atoms with E-state index in [9.17, 15) is 28.0 Å². The zero-order valence-electron chi connectivity index (χ0n) is 22.1. The number of likely N-dealkylation sites (tertiary alicyclic amines) is 1. The van der Waals surface area contributed by atoms with Crippen molar-refractivity contribution in [2.45, 2.75) is 65.2 Å². The summed E-state index contributed by atoms with van der Waals surface area (Å²) < 4.78 is 40.8. The SMILES string of the molecule is CCOC(=O)[C@@H]1[C@@H](Cc2ccnc(CC(=O)C(C)C)c2)C(=O)N1C(=O)C[C@H](C)c1ccc2c(c1)OC(F)(F)O2. The number of β-lactam (4-membered cyclic amide) rings is 1. The number of amides is 2. The molecule has 2 aliphatic heterocycles. The maximum atomic E-state index is 13.4. The normalized spacial score (nSPS) is 20.0. The second-order valence-corrected chi connectivity index (χ2v) is 10.0. The van der Waals surface area contributed by atoms with E-state index in [1.807, 2.05) is 0 Å². The predicted octanol–water partition coefficient (Wildman–Crippen LogP) is 3.82. The second kappa shape index (κ2) is 11.1. The van der Waals surface area contributed by atoms with E-state index >= 15 is 0 Å². The van der Waals surface area contributed by atoms with Crippen molar-refractivity contribution in [2.24, 2.45) is 11.8 Å². The molecule has 208 valence electrons. The molecule has 11 heteroatoms. The summed E-state index contributed by atoms with van der Waals surface area (Å²) >= 11 is 0. The Morgan fingerprint density at radius 3 is 2.51 bits per heavy atom. The summed E-state index contributed by atoms with van der Waals surface area (Å²) in [5.41, 5.74) is 1.80. The largest absolute Gasteiger partial charge is 0.586 e. The van der Waals surface area contributed by atoms with Crippen LogP contribution < -0.4 is 9.47 Å². The van der Waals surface area contributed by atoms with Gasteiger partial charge in [0.1, 0.15) is 11.8 Å². The third-order valence-electron chi connectivity index (χ3n) is 6.82. The highest BCUT2D eigenvalue weighted by molar-refractivity contribution is 6.08. The number of hydrogen-bond acceptors (Lipinski definition) is 8. The van der Waals surface area contributed by atoms with Crippen molar-refractivity contribution in [1.29, 1.82) is 0 Å². The summed E-state index contributed by atoms with van der Waals surface area (Å²) in [7, 11) is 0. The van der Waals surface area contributed by atoms with Gasteiger partial charge in [0, 0.05) is 30.7 Å². The number of rotatable bonds is 10. The van der Waals surface area contributed by atoms with E-state index in [1.165, 1.54) is 18.2 Å². The van der Waals surface area contributed by atoms with Crippen molar-refractivity contribution >= 4 is 23.6 Å². The van der Waals surface area contributed by atoms with Gasteiger partial charge in [-0.15, -0.1) is 8.78 Å². The first-order valence-corrected chi connectivity index (χ1v) is 12.8. The molecule has 2 amide bonds. The van der Waals surface area contributed by atoms with Crippen LogP contribution in [0.3, 0.4) is 0 Å². The Hall–Kier alpha value is -3.89. The van der Waals surface area contributed by atoms with Crippen LogP contribution in [0, 0.1) is 11.8 Å². The highest BCUT2D eigenvalue weighted by Gasteiger charge is 2.55. The smallest absolute Gasteiger partial charge is 0.464 e. The molecule has 1 saturated heterocycles. The van der Waals surface area contributed by atoms with Gasteiger partial charge in [-0.1, -0.05) is 26.8 Å². The number of esters is 1. The summed E-state index contributed by atoms with van der Waals surface area (Å²) in [4.78, 5) is 56.4. The van der Waals surface area contributed by atoms with Gasteiger partial charge in [0.25, 0.3) is 0 Å². The molecule has 3 atom stereocenters. The molecule has 2 aliphatic rings.